The summed E-state index contributed by atoms with van der Waals surface area (Å²) in [5, 5.41) is 13.2. The molecule has 0 spiro atoms. The van der Waals surface area contributed by atoms with E-state index in [4.69, 9.17) is 0 Å². The van der Waals surface area contributed by atoms with Gasteiger partial charge in [-0.15, -0.1) is 0 Å². The Hall–Kier alpha value is -16.1. The first-order valence-corrected chi connectivity index (χ1v) is 47.3. The van der Waals surface area contributed by atoms with Crippen molar-refractivity contribution in [3.8, 4) is 66.8 Å². The standard InChI is InChI=1S/3C17H14.C17H16.3C13H12.2C11H10.C7H8/c1-13-9-11-15(12-10-13)17-8-4-6-14-5-2-3-7-16(14)17;1-13-11-12-16(14-7-3-2-4-8-14)17-10-6-5-9-15(13)17;1-13-6-8-15(9-7-13)17-11-10-14-4-2-3-5-16(14)12-17;1-13-7-8-17-12-16(10-9-15(17)11-13)14-5-3-2-4-6-14;1-11-7-5-6-10-13(11)12-8-3-2-4-9-12;1-11-6-5-9-13(10-11)12-7-3-2-4-8-12;1-11-7-9-13(10-8-11)12-5-3-2-4-6-12;1-9-5-4-7-10-6-2-3-8-11(9)10;1-9-6-7-10-4-2-3-5-11(10)8-9;1-7-5-3-2-4-6-7/h3*2-12H,1H3;2-11,16H,12H2,1H3;3*2-10H,1H3;2*2-8H,1H3;2-6H,1H3. The molecule has 0 saturated heterocycles. The minimum atomic E-state index is 0.534. The minimum Gasteiger partial charge on any atom is -0.0761 e. The largest absolute Gasteiger partial charge is 0.0761 e. The minimum absolute atomic E-state index is 0.534. The molecule has 666 valence electrons. The lowest BCUT2D eigenvalue weighted by Gasteiger charge is -2.20. The van der Waals surface area contributed by atoms with Gasteiger partial charge in [-0.05, 0) is 236 Å². The number of allylic oxidation sites excluding steroid dienone is 1. The van der Waals surface area contributed by atoms with E-state index in [1.54, 1.807) is 0 Å². The quantitative estimate of drug-likeness (QED) is 0.149. The van der Waals surface area contributed by atoms with Gasteiger partial charge in [0.15, 0.2) is 0 Å². The zero-order valence-corrected chi connectivity index (χ0v) is 80.2. The van der Waals surface area contributed by atoms with Gasteiger partial charge in [-0.25, -0.2) is 0 Å². The lowest BCUT2D eigenvalue weighted by atomic mass is 9.85. The molecule has 22 aromatic carbocycles. The number of fused-ring (bicyclic) bond motifs is 6. The van der Waals surface area contributed by atoms with Crippen LogP contribution >= 0.6 is 0 Å². The van der Waals surface area contributed by atoms with Crippen LogP contribution < -0.4 is 0 Å². The molecule has 0 nitrogen and oxygen atoms in total. The van der Waals surface area contributed by atoms with Crippen LogP contribution in [0.3, 0.4) is 0 Å². The number of hydrogen-bond acceptors (Lipinski definition) is 0. The number of hydrogen-bond donors (Lipinski definition) is 0. The molecule has 0 bridgehead atoms. The van der Waals surface area contributed by atoms with Gasteiger partial charge in [-0.2, -0.15) is 0 Å². The fourth-order valence-corrected chi connectivity index (χ4v) is 16.7. The second-order valence-electron chi connectivity index (χ2n) is 34.9. The van der Waals surface area contributed by atoms with E-state index in [-0.39, 0.29) is 0 Å². The molecule has 1 aliphatic rings. The SMILES string of the molecule is Cc1ccc(-c2ccc3ccccc3c2)cc1.Cc1ccc(-c2cccc3ccccc23)cc1.Cc1ccc(-c2ccccc2)c2ccccc12.Cc1ccc(-c2ccccc2)cc1.Cc1ccc2c(c1)C=CC(c1ccccc1)C2.Cc1ccc2ccccc2c1.Cc1cccc(-c2ccccc2)c1.Cc1cccc2ccccc12.Cc1ccccc1.Cc1ccccc1-c1ccccc1. The number of benzene rings is 22. The number of rotatable bonds is 7. The monoisotopic (exact) mass is 1750 g/mol. The predicted octanol–water partition coefficient (Wildman–Crippen LogP) is 38.1. The highest BCUT2D eigenvalue weighted by molar-refractivity contribution is 5.99. The average molecular weight is 1760 g/mol. The van der Waals surface area contributed by atoms with Gasteiger partial charge in [0.2, 0.25) is 0 Å². The van der Waals surface area contributed by atoms with Crippen molar-refractivity contribution in [3.63, 3.8) is 0 Å². The molecule has 136 heavy (non-hydrogen) atoms. The molecule has 23 rings (SSSR count). The molecule has 0 amide bonds. The van der Waals surface area contributed by atoms with E-state index in [0.29, 0.717) is 5.92 Å². The smallest absolute Gasteiger partial charge is 0.00619 e. The predicted molar refractivity (Wildman–Crippen MR) is 594 cm³/mol. The summed E-state index contributed by atoms with van der Waals surface area (Å²) in [5.41, 5.74) is 33.0. The maximum Gasteiger partial charge on any atom is 0.00619 e. The molecule has 22 aromatic rings. The summed E-state index contributed by atoms with van der Waals surface area (Å²) in [6.07, 6.45) is 5.72. The van der Waals surface area contributed by atoms with Gasteiger partial charge in [0.05, 0.1) is 0 Å². The van der Waals surface area contributed by atoms with Crippen molar-refractivity contribution in [1.29, 1.82) is 0 Å². The summed E-state index contributed by atoms with van der Waals surface area (Å²) in [6.45, 7) is 21.3. The van der Waals surface area contributed by atoms with Crippen molar-refractivity contribution in [3.05, 3.63) is 606 Å². The van der Waals surface area contributed by atoms with Crippen molar-refractivity contribution in [2.24, 2.45) is 0 Å². The third-order valence-electron chi connectivity index (χ3n) is 24.4. The Balaban J connectivity index is 0.000000122. The summed E-state index contributed by atoms with van der Waals surface area (Å²) in [6, 6.07) is 185. The third kappa shape index (κ3) is 28.2. The van der Waals surface area contributed by atoms with Gasteiger partial charge in [0.25, 0.3) is 0 Å². The average Bonchev–Trinajstić information content (AvgIpc) is 0.793. The van der Waals surface area contributed by atoms with Gasteiger partial charge in [0, 0.05) is 5.92 Å². The van der Waals surface area contributed by atoms with Gasteiger partial charge in [0.1, 0.15) is 0 Å². The first-order valence-electron chi connectivity index (χ1n) is 47.3. The fourth-order valence-electron chi connectivity index (χ4n) is 16.7. The van der Waals surface area contributed by atoms with E-state index in [1.165, 1.54) is 193 Å². The van der Waals surface area contributed by atoms with Crippen LogP contribution in [0.25, 0.3) is 127 Å². The van der Waals surface area contributed by atoms with E-state index in [1.807, 2.05) is 36.4 Å². The Morgan fingerprint density at radius 2 is 0.478 bits per heavy atom. The molecule has 1 aliphatic carbocycles. The van der Waals surface area contributed by atoms with Crippen LogP contribution in [0, 0.1) is 69.2 Å². The fraction of sp³-hybridized carbons (Fsp3) is 0.0882. The Bertz CT molecular complexity index is 7440. The normalized spacial score (nSPS) is 11.2. The van der Waals surface area contributed by atoms with Crippen LogP contribution in [0.2, 0.25) is 0 Å². The van der Waals surface area contributed by atoms with E-state index in [0.717, 1.165) is 6.42 Å². The maximum atomic E-state index is 2.33. The molecule has 1 atom stereocenters. The third-order valence-corrected chi connectivity index (χ3v) is 24.4. The second-order valence-corrected chi connectivity index (χ2v) is 34.9. The highest BCUT2D eigenvalue weighted by atomic mass is 14.2. The van der Waals surface area contributed by atoms with Crippen molar-refractivity contribution in [2.45, 2.75) is 81.6 Å². The Kier molecular flexibility index (Phi) is 35.2. The second kappa shape index (κ2) is 49.9. The first kappa shape index (κ1) is 96.0. The zero-order chi connectivity index (χ0) is 94.4. The summed E-state index contributed by atoms with van der Waals surface area (Å²) in [7, 11) is 0. The van der Waals surface area contributed by atoms with Crippen LogP contribution in [-0.4, -0.2) is 0 Å². The van der Waals surface area contributed by atoms with Gasteiger partial charge in [-0.3, -0.25) is 0 Å². The molecule has 0 N–H and O–H groups in total. The van der Waals surface area contributed by atoms with Crippen LogP contribution in [0.1, 0.15) is 78.2 Å². The molecule has 1 unspecified atom stereocenters. The van der Waals surface area contributed by atoms with Gasteiger partial charge in [-0.1, -0.05) is 573 Å². The lowest BCUT2D eigenvalue weighted by Crippen LogP contribution is -2.05. The molecule has 0 heteroatoms. The Morgan fingerprint density at radius 3 is 1.03 bits per heavy atom. The van der Waals surface area contributed by atoms with E-state index < -0.39 is 0 Å². The van der Waals surface area contributed by atoms with Gasteiger partial charge < -0.3 is 0 Å². The van der Waals surface area contributed by atoms with Crippen LogP contribution in [0.5, 0.6) is 0 Å². The Morgan fingerprint density at radius 1 is 0.162 bits per heavy atom. The summed E-state index contributed by atoms with van der Waals surface area (Å²) >= 11 is 0. The highest BCUT2D eigenvalue weighted by Crippen LogP contribution is 2.35. The molecule has 0 aliphatic heterocycles. The Labute approximate surface area is 808 Å². The van der Waals surface area contributed by atoms with E-state index >= 15 is 0 Å². The van der Waals surface area contributed by atoms with Crippen molar-refractivity contribution >= 4 is 59.9 Å². The lowest BCUT2D eigenvalue weighted by molar-refractivity contribution is 0.826. The van der Waals surface area contributed by atoms with Crippen LogP contribution in [0.4, 0.5) is 0 Å². The van der Waals surface area contributed by atoms with Crippen molar-refractivity contribution < 1.29 is 0 Å². The maximum absolute atomic E-state index is 2.33. The summed E-state index contributed by atoms with van der Waals surface area (Å²) in [5.74, 6) is 0.534. The van der Waals surface area contributed by atoms with Gasteiger partial charge >= 0.3 is 0 Å². The van der Waals surface area contributed by atoms with Crippen LogP contribution in [-0.2, 0) is 6.42 Å². The van der Waals surface area contributed by atoms with Crippen molar-refractivity contribution in [2.75, 3.05) is 0 Å². The van der Waals surface area contributed by atoms with Crippen LogP contribution in [0.15, 0.2) is 534 Å². The molecule has 0 radical (unpaired) electrons. The molecule has 0 saturated carbocycles. The summed E-state index contributed by atoms with van der Waals surface area (Å²) < 4.78 is 0. The van der Waals surface area contributed by atoms with E-state index in [2.05, 4.69) is 573 Å². The zero-order valence-electron chi connectivity index (χ0n) is 80.2. The topological polar surface area (TPSA) is 0 Å². The van der Waals surface area contributed by atoms with Crippen molar-refractivity contribution in [1.82, 2.24) is 0 Å². The van der Waals surface area contributed by atoms with E-state index in [9.17, 15) is 0 Å². The highest BCUT2D eigenvalue weighted by Gasteiger charge is 2.16. The number of aryl methyl sites for hydroxylation is 10. The molecular weight excluding hydrogens is 1630 g/mol. The summed E-state index contributed by atoms with van der Waals surface area (Å²) in [4.78, 5) is 0. The molecular formula is C136H122. The molecule has 0 heterocycles. The molecule has 0 fully saturated rings. The first-order chi connectivity index (χ1) is 66.6. The molecule has 0 aromatic heterocycles.